The molecule has 0 radical (unpaired) electrons. The highest BCUT2D eigenvalue weighted by Gasteiger charge is 2.44. The zero-order valence-corrected chi connectivity index (χ0v) is 15.1. The van der Waals surface area contributed by atoms with Gasteiger partial charge in [-0.1, -0.05) is 38.8 Å². The van der Waals surface area contributed by atoms with E-state index in [0.29, 0.717) is 0 Å². The van der Waals surface area contributed by atoms with E-state index in [-0.39, 0.29) is 18.2 Å². The summed E-state index contributed by atoms with van der Waals surface area (Å²) in [7, 11) is -4.19. The Labute approximate surface area is 144 Å². The Morgan fingerprint density at radius 2 is 1.92 bits per heavy atom. The average Bonchev–Trinajstić information content (AvgIpc) is 2.70. The number of benzene rings is 1. The van der Waals surface area contributed by atoms with Gasteiger partial charge in [0, 0.05) is 30.6 Å². The van der Waals surface area contributed by atoms with Crippen LogP contribution in [0.5, 0.6) is 5.75 Å². The summed E-state index contributed by atoms with van der Waals surface area (Å²) in [6, 6.07) is 5.71. The van der Waals surface area contributed by atoms with Gasteiger partial charge in [0.1, 0.15) is 5.75 Å². The fraction of sp³-hybridized carbons (Fsp3) is 0.647. The van der Waals surface area contributed by atoms with Crippen molar-refractivity contribution < 1.29 is 17.7 Å². The molecular weight excluding hydrogens is 328 g/mol. The minimum Gasteiger partial charge on any atom is -0.474 e. The second-order valence-electron chi connectivity index (χ2n) is 7.27. The van der Waals surface area contributed by atoms with Crippen LogP contribution in [-0.4, -0.2) is 37.2 Å². The lowest BCUT2D eigenvalue weighted by atomic mass is 9.83. The van der Waals surface area contributed by atoms with Gasteiger partial charge in [-0.25, -0.2) is 0 Å². The van der Waals surface area contributed by atoms with Crippen LogP contribution >= 0.6 is 0 Å². The van der Waals surface area contributed by atoms with E-state index in [1.807, 2.05) is 18.2 Å². The molecule has 0 aromatic heterocycles. The number of hydrogen-bond acceptors (Lipinski definition) is 4. The summed E-state index contributed by atoms with van der Waals surface area (Å²) in [5.74, 6) is 0.866. The van der Waals surface area contributed by atoms with Gasteiger partial charge in [0.15, 0.2) is 6.23 Å². The van der Waals surface area contributed by atoms with E-state index in [1.54, 1.807) is 0 Å². The number of fused-ring (bicyclic) bond motifs is 1. The number of nitrogens with zero attached hydrogens (tertiary/aromatic N) is 1. The smallest absolute Gasteiger partial charge is 0.333 e. The lowest BCUT2D eigenvalue weighted by Crippen LogP contribution is -2.48. The maximum Gasteiger partial charge on any atom is 0.333 e. The Kier molecular flexibility index (Phi) is 4.88. The molecule has 1 aromatic rings. The fourth-order valence-electron chi connectivity index (χ4n) is 3.73. The molecule has 7 heteroatoms. The van der Waals surface area contributed by atoms with Gasteiger partial charge in [0.05, 0.1) is 0 Å². The van der Waals surface area contributed by atoms with Crippen LogP contribution in [0.1, 0.15) is 50.7 Å². The summed E-state index contributed by atoms with van der Waals surface area (Å²) in [5, 5.41) is 0. The van der Waals surface area contributed by atoms with E-state index in [2.05, 4.69) is 23.5 Å². The second-order valence-corrected chi connectivity index (χ2v) is 8.51. The van der Waals surface area contributed by atoms with Crippen molar-refractivity contribution in [3.8, 4) is 5.75 Å². The molecule has 3 rings (SSSR count). The summed E-state index contributed by atoms with van der Waals surface area (Å²) in [6.45, 7) is 6.53. The highest BCUT2D eigenvalue weighted by Crippen LogP contribution is 2.44. The monoisotopic (exact) mass is 354 g/mol. The molecule has 0 amide bonds. The minimum absolute atomic E-state index is 0.00961. The van der Waals surface area contributed by atoms with E-state index in [9.17, 15) is 8.42 Å². The topological polar surface area (TPSA) is 78.9 Å². The normalized spacial score (nSPS) is 24.2. The van der Waals surface area contributed by atoms with E-state index in [4.69, 9.17) is 9.29 Å². The molecule has 0 bridgehead atoms. The standard InChI is InChI=1S/C17H26N2O4S/c1-17(2)14-11-13(12-18-24(20,21)22)7-8-15(14)23-16(17)19-9-5-3-4-6-10-19/h7-8,11,16,18H,3-6,9-10,12H2,1-2H3,(H,20,21,22). The third-order valence-electron chi connectivity index (χ3n) is 5.03. The van der Waals surface area contributed by atoms with Gasteiger partial charge in [-0.05, 0) is 24.5 Å². The van der Waals surface area contributed by atoms with Crippen LogP contribution in [0.3, 0.4) is 0 Å². The van der Waals surface area contributed by atoms with Crippen molar-refractivity contribution in [3.63, 3.8) is 0 Å². The van der Waals surface area contributed by atoms with Crippen LogP contribution in [0.2, 0.25) is 0 Å². The van der Waals surface area contributed by atoms with Gasteiger partial charge in [0.2, 0.25) is 0 Å². The first-order valence-electron chi connectivity index (χ1n) is 8.53. The minimum atomic E-state index is -4.19. The van der Waals surface area contributed by atoms with Crippen LogP contribution in [-0.2, 0) is 22.3 Å². The van der Waals surface area contributed by atoms with Crippen molar-refractivity contribution in [3.05, 3.63) is 29.3 Å². The predicted octanol–water partition coefficient (Wildman–Crippen LogP) is 2.45. The fourth-order valence-corrected chi connectivity index (χ4v) is 4.08. The molecular formula is C17H26N2O4S. The van der Waals surface area contributed by atoms with E-state index >= 15 is 0 Å². The third kappa shape index (κ3) is 3.74. The van der Waals surface area contributed by atoms with E-state index < -0.39 is 10.3 Å². The lowest BCUT2D eigenvalue weighted by molar-refractivity contribution is 0.000125. The van der Waals surface area contributed by atoms with Crippen molar-refractivity contribution >= 4 is 10.3 Å². The zero-order chi connectivity index (χ0) is 17.4. The number of rotatable bonds is 4. The number of likely N-dealkylation sites (tertiary alicyclic amines) is 1. The van der Waals surface area contributed by atoms with Crippen LogP contribution in [0.15, 0.2) is 18.2 Å². The predicted molar refractivity (Wildman–Crippen MR) is 92.3 cm³/mol. The number of hydrogen-bond donors (Lipinski definition) is 2. The summed E-state index contributed by atoms with van der Waals surface area (Å²) >= 11 is 0. The third-order valence-corrected chi connectivity index (χ3v) is 5.53. The average molecular weight is 354 g/mol. The van der Waals surface area contributed by atoms with Crippen molar-refractivity contribution in [1.82, 2.24) is 9.62 Å². The number of ether oxygens (including phenoxy) is 1. The van der Waals surface area contributed by atoms with Gasteiger partial charge in [-0.3, -0.25) is 9.45 Å². The molecule has 0 spiro atoms. The Balaban J connectivity index is 1.81. The van der Waals surface area contributed by atoms with Crippen LogP contribution in [0.25, 0.3) is 0 Å². The highest BCUT2D eigenvalue weighted by atomic mass is 32.2. The molecule has 1 unspecified atom stereocenters. The molecule has 1 atom stereocenters. The molecule has 6 nitrogen and oxygen atoms in total. The highest BCUT2D eigenvalue weighted by molar-refractivity contribution is 7.83. The largest absolute Gasteiger partial charge is 0.474 e. The first kappa shape index (κ1) is 17.7. The van der Waals surface area contributed by atoms with Gasteiger partial charge < -0.3 is 4.74 Å². The summed E-state index contributed by atoms with van der Waals surface area (Å²) in [4.78, 5) is 2.43. The Bertz CT molecular complexity index is 695. The maximum absolute atomic E-state index is 10.9. The summed E-state index contributed by atoms with van der Waals surface area (Å²) in [5.41, 5.74) is 1.72. The Morgan fingerprint density at radius 1 is 1.25 bits per heavy atom. The van der Waals surface area contributed by atoms with Crippen molar-refractivity contribution in [2.75, 3.05) is 13.1 Å². The number of nitrogens with one attached hydrogen (secondary N) is 1. The Morgan fingerprint density at radius 3 is 2.54 bits per heavy atom. The zero-order valence-electron chi connectivity index (χ0n) is 14.3. The molecule has 1 aromatic carbocycles. The molecule has 0 aliphatic carbocycles. The van der Waals surface area contributed by atoms with Gasteiger partial charge in [-0.15, -0.1) is 0 Å². The van der Waals surface area contributed by atoms with Crippen molar-refractivity contribution in [2.45, 2.75) is 57.7 Å². The van der Waals surface area contributed by atoms with Gasteiger partial charge in [0.25, 0.3) is 0 Å². The molecule has 24 heavy (non-hydrogen) atoms. The summed E-state index contributed by atoms with van der Waals surface area (Å²) in [6.07, 6.45) is 4.98. The quantitative estimate of drug-likeness (QED) is 0.812. The van der Waals surface area contributed by atoms with Gasteiger partial charge in [-0.2, -0.15) is 13.1 Å². The Hall–Kier alpha value is -1.15. The molecule has 0 saturated carbocycles. The molecule has 2 heterocycles. The molecule has 1 fully saturated rings. The first-order valence-corrected chi connectivity index (χ1v) is 9.97. The van der Waals surface area contributed by atoms with Gasteiger partial charge >= 0.3 is 10.3 Å². The van der Waals surface area contributed by atoms with Crippen LogP contribution < -0.4 is 9.46 Å². The van der Waals surface area contributed by atoms with Crippen LogP contribution in [0.4, 0.5) is 0 Å². The second kappa shape index (κ2) is 6.63. The van der Waals surface area contributed by atoms with Crippen LogP contribution in [0, 0.1) is 0 Å². The first-order chi connectivity index (χ1) is 11.3. The van der Waals surface area contributed by atoms with Crippen molar-refractivity contribution in [2.24, 2.45) is 0 Å². The lowest BCUT2D eigenvalue weighted by Gasteiger charge is -2.35. The maximum atomic E-state index is 10.9. The summed E-state index contributed by atoms with van der Waals surface area (Å²) < 4.78 is 39.0. The molecule has 2 aliphatic heterocycles. The molecule has 134 valence electrons. The molecule has 2 N–H and O–H groups in total. The van der Waals surface area contributed by atoms with E-state index in [0.717, 1.165) is 30.0 Å². The van der Waals surface area contributed by atoms with Crippen molar-refractivity contribution in [1.29, 1.82) is 0 Å². The van der Waals surface area contributed by atoms with E-state index in [1.165, 1.54) is 25.7 Å². The SMILES string of the molecule is CC1(C)c2cc(CNS(=O)(=O)O)ccc2OC1N1CCCCCC1. The molecule has 1 saturated heterocycles. The molecule has 2 aliphatic rings.